The van der Waals surface area contributed by atoms with Crippen molar-refractivity contribution in [3.05, 3.63) is 48.0 Å². The van der Waals surface area contributed by atoms with Crippen LogP contribution >= 0.6 is 0 Å². The van der Waals surface area contributed by atoms with Crippen LogP contribution in [0.1, 0.15) is 43.7 Å². The molecule has 0 radical (unpaired) electrons. The Balaban J connectivity index is 1.99. The molecule has 1 unspecified atom stereocenters. The zero-order valence-corrected chi connectivity index (χ0v) is 11.0. The number of rotatable bonds is 5. The van der Waals surface area contributed by atoms with Crippen molar-refractivity contribution in [3.8, 4) is 0 Å². The molecule has 0 spiro atoms. The van der Waals surface area contributed by atoms with Gasteiger partial charge in [0.1, 0.15) is 0 Å². The summed E-state index contributed by atoms with van der Waals surface area (Å²) in [5.74, 6) is 0. The maximum Gasteiger partial charge on any atom is 0.0554 e. The van der Waals surface area contributed by atoms with Gasteiger partial charge in [0.25, 0.3) is 0 Å². The van der Waals surface area contributed by atoms with Gasteiger partial charge in [0.05, 0.1) is 5.69 Å². The van der Waals surface area contributed by atoms with Crippen molar-refractivity contribution in [2.24, 2.45) is 5.73 Å². The molecule has 4 nitrogen and oxygen atoms in total. The third-order valence-corrected chi connectivity index (χ3v) is 3.01. The summed E-state index contributed by atoms with van der Waals surface area (Å²) >= 11 is 0. The van der Waals surface area contributed by atoms with E-state index in [1.807, 2.05) is 41.3 Å². The van der Waals surface area contributed by atoms with E-state index in [-0.39, 0.29) is 6.04 Å². The SMILES string of the molecule is CC(C)n1nccc1C(N)CCc1ccccn1. The molecule has 0 saturated heterocycles. The smallest absolute Gasteiger partial charge is 0.0554 e. The molecule has 4 heteroatoms. The molecule has 2 rings (SSSR count). The minimum Gasteiger partial charge on any atom is -0.323 e. The molecule has 0 fully saturated rings. The molecule has 0 aromatic carbocycles. The van der Waals surface area contributed by atoms with Gasteiger partial charge in [0.15, 0.2) is 0 Å². The highest BCUT2D eigenvalue weighted by Gasteiger charge is 2.13. The highest BCUT2D eigenvalue weighted by Crippen LogP contribution is 2.18. The lowest BCUT2D eigenvalue weighted by Gasteiger charge is -2.16. The Hall–Kier alpha value is -1.68. The summed E-state index contributed by atoms with van der Waals surface area (Å²) < 4.78 is 1.99. The van der Waals surface area contributed by atoms with E-state index in [1.165, 1.54) is 0 Å². The van der Waals surface area contributed by atoms with Crippen molar-refractivity contribution < 1.29 is 0 Å². The molecule has 2 N–H and O–H groups in total. The molecule has 2 aromatic heterocycles. The summed E-state index contributed by atoms with van der Waals surface area (Å²) in [4.78, 5) is 4.31. The molecule has 2 aromatic rings. The van der Waals surface area contributed by atoms with Crippen LogP contribution in [-0.4, -0.2) is 14.8 Å². The van der Waals surface area contributed by atoms with Crippen LogP contribution in [0.2, 0.25) is 0 Å². The topological polar surface area (TPSA) is 56.7 Å². The van der Waals surface area contributed by atoms with Gasteiger partial charge in [-0.15, -0.1) is 0 Å². The van der Waals surface area contributed by atoms with Crippen molar-refractivity contribution in [1.82, 2.24) is 14.8 Å². The van der Waals surface area contributed by atoms with Crippen LogP contribution in [-0.2, 0) is 6.42 Å². The molecule has 0 aliphatic heterocycles. The first kappa shape index (κ1) is 12.8. The Morgan fingerprint density at radius 1 is 1.22 bits per heavy atom. The molecule has 96 valence electrons. The van der Waals surface area contributed by atoms with E-state index >= 15 is 0 Å². The highest BCUT2D eigenvalue weighted by molar-refractivity contribution is 5.09. The standard InChI is InChI=1S/C14H20N4/c1-11(2)18-14(8-10-17-18)13(15)7-6-12-5-3-4-9-16-12/h3-5,8-11,13H,6-7,15H2,1-2H3. The van der Waals surface area contributed by atoms with Crippen LogP contribution in [0.5, 0.6) is 0 Å². The summed E-state index contributed by atoms with van der Waals surface area (Å²) in [6.45, 7) is 4.23. The van der Waals surface area contributed by atoms with E-state index in [1.54, 1.807) is 0 Å². The van der Waals surface area contributed by atoms with Gasteiger partial charge >= 0.3 is 0 Å². The first-order valence-corrected chi connectivity index (χ1v) is 6.37. The van der Waals surface area contributed by atoms with E-state index < -0.39 is 0 Å². The lowest BCUT2D eigenvalue weighted by Crippen LogP contribution is -2.18. The van der Waals surface area contributed by atoms with Crippen molar-refractivity contribution in [2.45, 2.75) is 38.8 Å². The van der Waals surface area contributed by atoms with E-state index in [0.717, 1.165) is 24.2 Å². The van der Waals surface area contributed by atoms with Crippen molar-refractivity contribution in [1.29, 1.82) is 0 Å². The van der Waals surface area contributed by atoms with Crippen molar-refractivity contribution >= 4 is 0 Å². The summed E-state index contributed by atoms with van der Waals surface area (Å²) in [5, 5.41) is 4.31. The summed E-state index contributed by atoms with van der Waals surface area (Å²) in [6, 6.07) is 8.33. The highest BCUT2D eigenvalue weighted by atomic mass is 15.3. The van der Waals surface area contributed by atoms with Crippen LogP contribution in [0.3, 0.4) is 0 Å². The molecule has 0 saturated carbocycles. The quantitative estimate of drug-likeness (QED) is 0.879. The lowest BCUT2D eigenvalue weighted by atomic mass is 10.1. The van der Waals surface area contributed by atoms with Crippen LogP contribution in [0.25, 0.3) is 0 Å². The Morgan fingerprint density at radius 3 is 2.72 bits per heavy atom. The number of nitrogens with two attached hydrogens (primary N) is 1. The normalized spacial score (nSPS) is 12.9. The van der Waals surface area contributed by atoms with Crippen molar-refractivity contribution in [2.75, 3.05) is 0 Å². The van der Waals surface area contributed by atoms with Gasteiger partial charge in [0.2, 0.25) is 0 Å². The second-order valence-corrected chi connectivity index (χ2v) is 4.76. The van der Waals surface area contributed by atoms with Gasteiger partial charge in [-0.2, -0.15) is 5.10 Å². The molecule has 0 bridgehead atoms. The first-order valence-electron chi connectivity index (χ1n) is 6.37. The fourth-order valence-electron chi connectivity index (χ4n) is 2.05. The van der Waals surface area contributed by atoms with Crippen LogP contribution in [0.4, 0.5) is 0 Å². The number of nitrogens with zero attached hydrogens (tertiary/aromatic N) is 3. The van der Waals surface area contributed by atoms with Gasteiger partial charge in [-0.1, -0.05) is 6.07 Å². The maximum atomic E-state index is 6.24. The average molecular weight is 244 g/mol. The lowest BCUT2D eigenvalue weighted by molar-refractivity contribution is 0.476. The number of aryl methyl sites for hydroxylation is 1. The maximum absolute atomic E-state index is 6.24. The van der Waals surface area contributed by atoms with Gasteiger partial charge in [-0.3, -0.25) is 9.67 Å². The van der Waals surface area contributed by atoms with Gasteiger partial charge in [-0.05, 0) is 44.9 Å². The summed E-state index contributed by atoms with van der Waals surface area (Å²) in [5.41, 5.74) is 8.42. The molecule has 0 amide bonds. The third-order valence-electron chi connectivity index (χ3n) is 3.01. The Bertz CT molecular complexity index is 476. The Morgan fingerprint density at radius 2 is 2.06 bits per heavy atom. The third kappa shape index (κ3) is 2.96. The fraction of sp³-hybridized carbons (Fsp3) is 0.429. The minimum absolute atomic E-state index is 0.0110. The molecule has 0 aliphatic carbocycles. The predicted octanol–water partition coefficient (Wildman–Crippen LogP) is 2.49. The van der Waals surface area contributed by atoms with E-state index in [9.17, 15) is 0 Å². The summed E-state index contributed by atoms with van der Waals surface area (Å²) in [6.07, 6.45) is 5.41. The number of hydrogen-bond acceptors (Lipinski definition) is 3. The second-order valence-electron chi connectivity index (χ2n) is 4.76. The molecular weight excluding hydrogens is 224 g/mol. The molecule has 1 atom stereocenters. The van der Waals surface area contributed by atoms with E-state index in [4.69, 9.17) is 5.73 Å². The largest absolute Gasteiger partial charge is 0.323 e. The second kappa shape index (κ2) is 5.78. The molecular formula is C14H20N4. The van der Waals surface area contributed by atoms with Gasteiger partial charge in [0, 0.05) is 30.2 Å². The number of hydrogen-bond donors (Lipinski definition) is 1. The van der Waals surface area contributed by atoms with Gasteiger partial charge < -0.3 is 5.73 Å². The van der Waals surface area contributed by atoms with Gasteiger partial charge in [-0.25, -0.2) is 0 Å². The molecule has 0 aliphatic rings. The van der Waals surface area contributed by atoms with Crippen LogP contribution in [0.15, 0.2) is 36.7 Å². The molecule has 18 heavy (non-hydrogen) atoms. The zero-order valence-electron chi connectivity index (χ0n) is 11.0. The number of aromatic nitrogens is 3. The monoisotopic (exact) mass is 244 g/mol. The first-order chi connectivity index (χ1) is 8.68. The minimum atomic E-state index is 0.0110. The van der Waals surface area contributed by atoms with Crippen LogP contribution < -0.4 is 5.73 Å². The van der Waals surface area contributed by atoms with E-state index in [2.05, 4.69) is 23.9 Å². The Kier molecular flexibility index (Phi) is 4.10. The molecule has 2 heterocycles. The van der Waals surface area contributed by atoms with Crippen molar-refractivity contribution in [3.63, 3.8) is 0 Å². The van der Waals surface area contributed by atoms with E-state index in [0.29, 0.717) is 6.04 Å². The number of pyridine rings is 1. The Labute approximate surface area is 108 Å². The zero-order chi connectivity index (χ0) is 13.0. The predicted molar refractivity (Wildman–Crippen MR) is 72.1 cm³/mol. The van der Waals surface area contributed by atoms with Crippen LogP contribution in [0, 0.1) is 0 Å². The summed E-state index contributed by atoms with van der Waals surface area (Å²) in [7, 11) is 0. The fourth-order valence-corrected chi connectivity index (χ4v) is 2.05. The average Bonchev–Trinajstić information content (AvgIpc) is 2.86.